The summed E-state index contributed by atoms with van der Waals surface area (Å²) >= 11 is 3.25. The molecule has 1 heterocycles. The third-order valence-electron chi connectivity index (χ3n) is 9.94. The van der Waals surface area contributed by atoms with Crippen LogP contribution in [0.3, 0.4) is 0 Å². The zero-order valence-electron chi connectivity index (χ0n) is 26.9. The molecule has 3 aromatic carbocycles. The largest absolute Gasteiger partial charge is 0.504 e. The van der Waals surface area contributed by atoms with Crippen LogP contribution in [0.15, 0.2) is 94.0 Å². The number of halogens is 1. The number of anilines is 1. The summed E-state index contributed by atoms with van der Waals surface area (Å²) in [4.78, 5) is 56.5. The van der Waals surface area contributed by atoms with E-state index >= 15 is 0 Å². The van der Waals surface area contributed by atoms with Crippen molar-refractivity contribution in [3.8, 4) is 23.0 Å². The number of imide groups is 1. The number of benzene rings is 3. The standard InChI is InChI=1S/C39H32BrNO8/c1-47-23-13-16-31(48-2)21(17-23)10-7-20-8-11-22(12-9-20)41-38(45)26-15-14-24-27(34(26)39(41)46)18-28-35(30(42)19-29(40)36(28)43)33(24)25-5-4-6-32(49-3)37(25)44/h4-14,16-17,19,26-27,33-34,44H,15,18H2,1-3H3. The average molecular weight is 723 g/mol. The Bertz CT molecular complexity index is 2060. The third-order valence-corrected chi connectivity index (χ3v) is 10.5. The first-order chi connectivity index (χ1) is 23.7. The van der Waals surface area contributed by atoms with Gasteiger partial charge in [0.05, 0.1) is 43.3 Å². The van der Waals surface area contributed by atoms with Crippen molar-refractivity contribution in [3.63, 3.8) is 0 Å². The molecular formula is C39H32BrNO8. The summed E-state index contributed by atoms with van der Waals surface area (Å²) in [6.07, 6.45) is 7.39. The highest BCUT2D eigenvalue weighted by molar-refractivity contribution is 9.12. The Labute approximate surface area is 291 Å². The minimum absolute atomic E-state index is 0.126. The van der Waals surface area contributed by atoms with Crippen LogP contribution >= 0.6 is 15.9 Å². The molecule has 0 radical (unpaired) electrons. The van der Waals surface area contributed by atoms with Gasteiger partial charge in [-0.2, -0.15) is 0 Å². The molecule has 0 bridgehead atoms. The molecule has 1 fully saturated rings. The number of para-hydroxylation sites is 1. The number of phenols is 1. The smallest absolute Gasteiger partial charge is 0.238 e. The summed E-state index contributed by atoms with van der Waals surface area (Å²) < 4.78 is 16.3. The van der Waals surface area contributed by atoms with Crippen LogP contribution in [0.4, 0.5) is 5.69 Å². The van der Waals surface area contributed by atoms with Crippen molar-refractivity contribution < 1.29 is 38.5 Å². The SMILES string of the molecule is COc1ccc(OC)c(C=Cc2ccc(N3C(=O)C4CC=C5C(c6cccc(OC)c6O)C6=C(CC5C4C3=O)C(=O)C(Br)=CC6=O)cc2)c1. The second-order valence-corrected chi connectivity index (χ2v) is 13.2. The first-order valence-electron chi connectivity index (χ1n) is 15.8. The second-order valence-electron chi connectivity index (χ2n) is 12.3. The molecule has 10 heteroatoms. The van der Waals surface area contributed by atoms with Crippen molar-refractivity contribution in [3.05, 3.63) is 111 Å². The predicted molar refractivity (Wildman–Crippen MR) is 187 cm³/mol. The van der Waals surface area contributed by atoms with Gasteiger partial charge in [0.2, 0.25) is 11.8 Å². The monoisotopic (exact) mass is 721 g/mol. The Hall–Kier alpha value is -5.22. The van der Waals surface area contributed by atoms with E-state index in [1.54, 1.807) is 44.6 Å². The van der Waals surface area contributed by atoms with Gasteiger partial charge in [0.1, 0.15) is 11.5 Å². The van der Waals surface area contributed by atoms with Gasteiger partial charge < -0.3 is 19.3 Å². The quantitative estimate of drug-likeness (QED) is 0.126. The Morgan fingerprint density at radius 2 is 1.61 bits per heavy atom. The molecular weight excluding hydrogens is 690 g/mol. The van der Waals surface area contributed by atoms with E-state index in [-0.39, 0.29) is 63.4 Å². The fourth-order valence-corrected chi connectivity index (χ4v) is 8.09. The molecule has 1 saturated heterocycles. The number of hydrogen-bond acceptors (Lipinski definition) is 8. The molecule has 9 nitrogen and oxygen atoms in total. The molecule has 0 spiro atoms. The number of amides is 2. The van der Waals surface area contributed by atoms with E-state index in [0.29, 0.717) is 22.7 Å². The predicted octanol–water partition coefficient (Wildman–Crippen LogP) is 6.56. The fraction of sp³-hybridized carbons (Fsp3) is 0.231. The summed E-state index contributed by atoms with van der Waals surface area (Å²) in [5.41, 5.74) is 3.84. The van der Waals surface area contributed by atoms with Crippen LogP contribution in [0.5, 0.6) is 23.0 Å². The molecule has 4 aliphatic rings. The van der Waals surface area contributed by atoms with Crippen molar-refractivity contribution >= 4 is 57.2 Å². The zero-order chi connectivity index (χ0) is 34.6. The minimum Gasteiger partial charge on any atom is -0.504 e. The Morgan fingerprint density at radius 1 is 0.857 bits per heavy atom. The number of nitrogens with zero attached hydrogens (tertiary/aromatic N) is 1. The summed E-state index contributed by atoms with van der Waals surface area (Å²) in [6, 6.07) is 17.7. The summed E-state index contributed by atoms with van der Waals surface area (Å²) in [7, 11) is 4.63. The van der Waals surface area contributed by atoms with Crippen molar-refractivity contribution in [2.75, 3.05) is 26.2 Å². The zero-order valence-corrected chi connectivity index (χ0v) is 28.5. The highest BCUT2D eigenvalue weighted by Gasteiger charge is 2.57. The van der Waals surface area contributed by atoms with Crippen LogP contribution in [0, 0.1) is 17.8 Å². The van der Waals surface area contributed by atoms with Gasteiger partial charge in [0.25, 0.3) is 0 Å². The van der Waals surface area contributed by atoms with Gasteiger partial charge in [-0.3, -0.25) is 24.1 Å². The lowest BCUT2D eigenvalue weighted by Crippen LogP contribution is -2.39. The Morgan fingerprint density at radius 3 is 2.33 bits per heavy atom. The molecule has 2 amide bonds. The van der Waals surface area contributed by atoms with Crippen molar-refractivity contribution in [1.29, 1.82) is 0 Å². The van der Waals surface area contributed by atoms with Gasteiger partial charge >= 0.3 is 0 Å². The number of aromatic hydroxyl groups is 1. The maximum Gasteiger partial charge on any atom is 0.238 e. The van der Waals surface area contributed by atoms with Gasteiger partial charge in [-0.25, -0.2) is 0 Å². The highest BCUT2D eigenvalue weighted by Crippen LogP contribution is 2.57. The van der Waals surface area contributed by atoms with Crippen LogP contribution < -0.4 is 19.1 Å². The van der Waals surface area contributed by atoms with E-state index < -0.39 is 23.7 Å². The van der Waals surface area contributed by atoms with Crippen molar-refractivity contribution in [2.45, 2.75) is 18.8 Å². The van der Waals surface area contributed by atoms with E-state index in [0.717, 1.165) is 16.7 Å². The van der Waals surface area contributed by atoms with Gasteiger partial charge in [0.15, 0.2) is 23.1 Å². The Kier molecular flexibility index (Phi) is 8.36. The van der Waals surface area contributed by atoms with Crippen LogP contribution in [-0.2, 0) is 19.2 Å². The fourth-order valence-electron chi connectivity index (χ4n) is 7.64. The lowest BCUT2D eigenvalue weighted by molar-refractivity contribution is -0.123. The minimum atomic E-state index is -0.788. The average Bonchev–Trinajstić information content (AvgIpc) is 3.38. The number of phenolic OH excluding ortho intramolecular Hbond substituents is 1. The molecule has 4 atom stereocenters. The number of allylic oxidation sites excluding steroid dienone is 6. The lowest BCUT2D eigenvalue weighted by Gasteiger charge is -2.42. The topological polar surface area (TPSA) is 119 Å². The van der Waals surface area contributed by atoms with Crippen LogP contribution in [-0.4, -0.2) is 49.8 Å². The number of carbonyl (C=O) groups is 4. The van der Waals surface area contributed by atoms with Crippen LogP contribution in [0.1, 0.15) is 35.4 Å². The van der Waals surface area contributed by atoms with Gasteiger partial charge in [0, 0.05) is 34.3 Å². The highest BCUT2D eigenvalue weighted by atomic mass is 79.9. The number of carbonyl (C=O) groups excluding carboxylic acids is 4. The summed E-state index contributed by atoms with van der Waals surface area (Å²) in [5, 5.41) is 11.2. The second kappa shape index (κ2) is 12.7. The molecule has 4 unspecified atom stereocenters. The summed E-state index contributed by atoms with van der Waals surface area (Å²) in [6.45, 7) is 0. The number of Topliss-reactive ketones (excluding diaryl/α,β-unsaturated/α-hetero) is 1. The number of fused-ring (bicyclic) bond motifs is 3. The molecule has 248 valence electrons. The molecule has 3 aromatic rings. The lowest BCUT2D eigenvalue weighted by atomic mass is 9.59. The molecule has 0 aromatic heterocycles. The summed E-state index contributed by atoms with van der Waals surface area (Å²) in [5.74, 6) is -2.57. The molecule has 0 saturated carbocycles. The molecule has 3 aliphatic carbocycles. The number of ether oxygens (including phenoxy) is 3. The first kappa shape index (κ1) is 32.3. The van der Waals surface area contributed by atoms with Crippen LogP contribution in [0.25, 0.3) is 12.2 Å². The molecule has 7 rings (SSSR count). The number of methoxy groups -OCH3 is 3. The van der Waals surface area contributed by atoms with E-state index in [2.05, 4.69) is 15.9 Å². The van der Waals surface area contributed by atoms with Gasteiger partial charge in [-0.15, -0.1) is 0 Å². The maximum absolute atomic E-state index is 14.3. The van der Waals surface area contributed by atoms with Crippen molar-refractivity contribution in [1.82, 2.24) is 0 Å². The molecule has 1 aliphatic heterocycles. The Balaban J connectivity index is 1.22. The van der Waals surface area contributed by atoms with Crippen molar-refractivity contribution in [2.24, 2.45) is 17.8 Å². The van der Waals surface area contributed by atoms with E-state index in [1.807, 2.05) is 48.6 Å². The number of rotatable bonds is 7. The van der Waals surface area contributed by atoms with Gasteiger partial charge in [-0.1, -0.05) is 48.1 Å². The first-order valence-corrected chi connectivity index (χ1v) is 16.6. The number of hydrogen-bond donors (Lipinski definition) is 1. The van der Waals surface area contributed by atoms with E-state index in [9.17, 15) is 24.3 Å². The normalized spacial score (nSPS) is 23.2. The van der Waals surface area contributed by atoms with E-state index in [1.165, 1.54) is 18.1 Å². The van der Waals surface area contributed by atoms with Crippen LogP contribution in [0.2, 0.25) is 0 Å². The molecule has 49 heavy (non-hydrogen) atoms. The van der Waals surface area contributed by atoms with E-state index in [4.69, 9.17) is 14.2 Å². The number of ketones is 2. The molecule has 1 N–H and O–H groups in total. The maximum atomic E-state index is 14.3. The third kappa shape index (κ3) is 5.31. The van der Waals surface area contributed by atoms with Gasteiger partial charge in [-0.05, 0) is 76.7 Å².